The van der Waals surface area contributed by atoms with Crippen LogP contribution in [0.2, 0.25) is 0 Å². The lowest BCUT2D eigenvalue weighted by Crippen LogP contribution is -2.20. The van der Waals surface area contributed by atoms with Gasteiger partial charge in [-0.2, -0.15) is 0 Å². The summed E-state index contributed by atoms with van der Waals surface area (Å²) in [5.74, 6) is -0.286. The maximum atomic E-state index is 12.1. The Hall–Kier alpha value is -1.43. The van der Waals surface area contributed by atoms with E-state index in [1.807, 2.05) is 6.92 Å². The van der Waals surface area contributed by atoms with Crippen LogP contribution >= 0.6 is 0 Å². The first-order valence-electron chi connectivity index (χ1n) is 5.00. The van der Waals surface area contributed by atoms with Crippen LogP contribution in [0.3, 0.4) is 0 Å². The summed E-state index contributed by atoms with van der Waals surface area (Å²) in [5, 5.41) is 0. The molecule has 0 N–H and O–H groups in total. The number of alkyl halides is 3. The summed E-state index contributed by atoms with van der Waals surface area (Å²) in [4.78, 5) is 0. The molecule has 0 aliphatic carbocycles. The van der Waals surface area contributed by atoms with Gasteiger partial charge in [-0.05, 0) is 19.1 Å². The molecule has 94 valence electrons. The molecule has 1 aromatic rings. The standard InChI is InChI=1S/C11H11F3O3/c1-10(7-16-10)6-15-8-4-2-3-5-9(8)17-11(12,13)14/h2-5H,6-7H2,1H3. The number of benzene rings is 1. The third-order valence-corrected chi connectivity index (χ3v) is 2.24. The first-order chi connectivity index (χ1) is 7.88. The maximum absolute atomic E-state index is 12.1. The van der Waals surface area contributed by atoms with Crippen molar-refractivity contribution in [1.29, 1.82) is 0 Å². The van der Waals surface area contributed by atoms with Gasteiger partial charge >= 0.3 is 6.36 Å². The summed E-state index contributed by atoms with van der Waals surface area (Å²) >= 11 is 0. The van der Waals surface area contributed by atoms with E-state index in [4.69, 9.17) is 9.47 Å². The van der Waals surface area contributed by atoms with E-state index in [0.717, 1.165) is 0 Å². The third kappa shape index (κ3) is 3.52. The van der Waals surface area contributed by atoms with Crippen molar-refractivity contribution in [3.05, 3.63) is 24.3 Å². The molecule has 0 amide bonds. The van der Waals surface area contributed by atoms with E-state index in [0.29, 0.717) is 6.61 Å². The molecule has 1 aliphatic rings. The summed E-state index contributed by atoms with van der Waals surface area (Å²) in [5.41, 5.74) is -0.384. The molecule has 1 unspecified atom stereocenters. The second-order valence-corrected chi connectivity index (χ2v) is 4.02. The summed E-state index contributed by atoms with van der Waals surface area (Å²) in [7, 11) is 0. The number of para-hydroxylation sites is 2. The lowest BCUT2D eigenvalue weighted by Gasteiger charge is -2.14. The van der Waals surface area contributed by atoms with Crippen molar-refractivity contribution in [2.24, 2.45) is 0 Å². The maximum Gasteiger partial charge on any atom is 0.573 e. The molecule has 6 heteroatoms. The van der Waals surface area contributed by atoms with Crippen molar-refractivity contribution >= 4 is 0 Å². The zero-order valence-corrected chi connectivity index (χ0v) is 9.08. The zero-order chi connectivity index (χ0) is 12.5. The van der Waals surface area contributed by atoms with Crippen LogP contribution in [0.15, 0.2) is 24.3 Å². The monoisotopic (exact) mass is 248 g/mol. The van der Waals surface area contributed by atoms with Crippen LogP contribution in [0.5, 0.6) is 11.5 Å². The highest BCUT2D eigenvalue weighted by Gasteiger charge is 2.40. The van der Waals surface area contributed by atoms with E-state index in [9.17, 15) is 13.2 Å². The van der Waals surface area contributed by atoms with Crippen LogP contribution in [0, 0.1) is 0 Å². The summed E-state index contributed by atoms with van der Waals surface area (Å²) in [6.45, 7) is 2.57. The molecular formula is C11H11F3O3. The van der Waals surface area contributed by atoms with Crippen LogP contribution in [0.25, 0.3) is 0 Å². The minimum Gasteiger partial charge on any atom is -0.487 e. The van der Waals surface area contributed by atoms with Crippen LogP contribution in [0.4, 0.5) is 13.2 Å². The van der Waals surface area contributed by atoms with Gasteiger partial charge in [0.15, 0.2) is 11.5 Å². The Bertz CT molecular complexity index is 399. The molecule has 1 aromatic carbocycles. The second-order valence-electron chi connectivity index (χ2n) is 4.02. The van der Waals surface area contributed by atoms with E-state index in [2.05, 4.69) is 4.74 Å². The van der Waals surface area contributed by atoms with Gasteiger partial charge in [0.05, 0.1) is 6.61 Å². The van der Waals surface area contributed by atoms with Crippen LogP contribution in [-0.2, 0) is 4.74 Å². The first-order valence-corrected chi connectivity index (χ1v) is 5.00. The van der Waals surface area contributed by atoms with E-state index in [1.54, 1.807) is 6.07 Å². The normalized spacial score (nSPS) is 23.3. The highest BCUT2D eigenvalue weighted by Crippen LogP contribution is 2.34. The van der Waals surface area contributed by atoms with Crippen molar-refractivity contribution in [2.45, 2.75) is 18.9 Å². The number of ether oxygens (including phenoxy) is 3. The van der Waals surface area contributed by atoms with Gasteiger partial charge in [0.25, 0.3) is 0 Å². The zero-order valence-electron chi connectivity index (χ0n) is 9.08. The Morgan fingerprint density at radius 2 is 1.88 bits per heavy atom. The van der Waals surface area contributed by atoms with E-state index >= 15 is 0 Å². The van der Waals surface area contributed by atoms with Gasteiger partial charge < -0.3 is 14.2 Å². The topological polar surface area (TPSA) is 31.0 Å². The molecule has 0 radical (unpaired) electrons. The molecule has 2 rings (SSSR count). The van der Waals surface area contributed by atoms with Gasteiger partial charge in [-0.1, -0.05) is 12.1 Å². The van der Waals surface area contributed by atoms with Crippen molar-refractivity contribution in [3.8, 4) is 11.5 Å². The van der Waals surface area contributed by atoms with Crippen LogP contribution in [0.1, 0.15) is 6.92 Å². The predicted molar refractivity (Wildman–Crippen MR) is 53.0 cm³/mol. The smallest absolute Gasteiger partial charge is 0.487 e. The minimum atomic E-state index is -4.72. The summed E-state index contributed by atoms with van der Waals surface area (Å²) < 4.78 is 50.5. The number of epoxide rings is 1. The molecule has 0 aromatic heterocycles. The predicted octanol–water partition coefficient (Wildman–Crippen LogP) is 2.75. The number of rotatable bonds is 4. The van der Waals surface area contributed by atoms with Gasteiger partial charge in [-0.15, -0.1) is 13.2 Å². The highest BCUT2D eigenvalue weighted by atomic mass is 19.4. The van der Waals surface area contributed by atoms with E-state index in [1.165, 1.54) is 18.2 Å². The van der Waals surface area contributed by atoms with Crippen LogP contribution in [-0.4, -0.2) is 25.2 Å². The lowest BCUT2D eigenvalue weighted by molar-refractivity contribution is -0.275. The molecule has 1 fully saturated rings. The Labute approximate surface area is 96.1 Å². The molecule has 1 saturated heterocycles. The van der Waals surface area contributed by atoms with Crippen molar-refractivity contribution in [2.75, 3.05) is 13.2 Å². The summed E-state index contributed by atoms with van der Waals surface area (Å²) in [6.07, 6.45) is -4.72. The Kier molecular flexibility index (Phi) is 2.91. The number of halogens is 3. The molecule has 1 aliphatic heterocycles. The van der Waals surface area contributed by atoms with Crippen LogP contribution < -0.4 is 9.47 Å². The van der Waals surface area contributed by atoms with Gasteiger partial charge in [0.1, 0.15) is 12.2 Å². The molecular weight excluding hydrogens is 237 g/mol. The van der Waals surface area contributed by atoms with Crippen molar-refractivity contribution in [3.63, 3.8) is 0 Å². The highest BCUT2D eigenvalue weighted by molar-refractivity contribution is 5.39. The number of hydrogen-bond donors (Lipinski definition) is 0. The summed E-state index contributed by atoms with van der Waals surface area (Å²) in [6, 6.07) is 5.66. The quantitative estimate of drug-likeness (QED) is 0.768. The fourth-order valence-electron chi connectivity index (χ4n) is 1.22. The first kappa shape index (κ1) is 12.0. The van der Waals surface area contributed by atoms with Gasteiger partial charge in [0.2, 0.25) is 0 Å². The molecule has 3 nitrogen and oxygen atoms in total. The molecule has 1 atom stereocenters. The van der Waals surface area contributed by atoms with Gasteiger partial charge in [0, 0.05) is 0 Å². The lowest BCUT2D eigenvalue weighted by atomic mass is 10.2. The average Bonchev–Trinajstić information content (AvgIpc) is 2.94. The third-order valence-electron chi connectivity index (χ3n) is 2.24. The molecule has 0 spiro atoms. The average molecular weight is 248 g/mol. The SMILES string of the molecule is CC1(COc2ccccc2OC(F)(F)F)CO1. The minimum absolute atomic E-state index is 0.0570. The largest absolute Gasteiger partial charge is 0.573 e. The Balaban J connectivity index is 2.04. The second kappa shape index (κ2) is 4.10. The Morgan fingerprint density at radius 1 is 1.29 bits per heavy atom. The Morgan fingerprint density at radius 3 is 2.41 bits per heavy atom. The van der Waals surface area contributed by atoms with Gasteiger partial charge in [-0.3, -0.25) is 0 Å². The molecule has 1 heterocycles. The fourth-order valence-corrected chi connectivity index (χ4v) is 1.22. The number of hydrogen-bond acceptors (Lipinski definition) is 3. The fraction of sp³-hybridized carbons (Fsp3) is 0.455. The van der Waals surface area contributed by atoms with Crippen molar-refractivity contribution in [1.82, 2.24) is 0 Å². The molecule has 0 bridgehead atoms. The van der Waals surface area contributed by atoms with E-state index < -0.39 is 6.36 Å². The molecule has 0 saturated carbocycles. The van der Waals surface area contributed by atoms with Gasteiger partial charge in [-0.25, -0.2) is 0 Å². The van der Waals surface area contributed by atoms with E-state index in [-0.39, 0.29) is 23.7 Å². The van der Waals surface area contributed by atoms with Crippen molar-refractivity contribution < 1.29 is 27.4 Å². The molecule has 17 heavy (non-hydrogen) atoms.